The third-order valence-corrected chi connectivity index (χ3v) is 6.28. The van der Waals surface area contributed by atoms with E-state index in [-0.39, 0.29) is 38.9 Å². The van der Waals surface area contributed by atoms with Crippen molar-refractivity contribution in [3.05, 3.63) is 56.1 Å². The largest absolute Gasteiger partial charge is 0.457 e. The van der Waals surface area contributed by atoms with Gasteiger partial charge in [-0.1, -0.05) is 30.3 Å². The summed E-state index contributed by atoms with van der Waals surface area (Å²) < 4.78 is 27.9. The summed E-state index contributed by atoms with van der Waals surface area (Å²) in [6.07, 6.45) is -5.13. The van der Waals surface area contributed by atoms with Crippen LogP contribution < -0.4 is 5.32 Å². The van der Waals surface area contributed by atoms with Crippen LogP contribution in [0.2, 0.25) is 0 Å². The molecule has 17 nitrogen and oxygen atoms in total. The average molecular weight is 614 g/mol. The van der Waals surface area contributed by atoms with E-state index in [2.05, 4.69) is 15.0 Å². The van der Waals surface area contributed by atoms with Crippen LogP contribution in [0.25, 0.3) is 0 Å². The molecule has 3 rings (SSSR count). The fraction of sp³-hybridized carbons (Fsp3) is 0.654. The maximum absolute atomic E-state index is 13.2. The van der Waals surface area contributed by atoms with Gasteiger partial charge in [0, 0.05) is 12.8 Å². The van der Waals surface area contributed by atoms with Crippen molar-refractivity contribution in [2.24, 2.45) is 0 Å². The maximum Gasteiger partial charge on any atom is 0.408 e. The molecule has 6 atom stereocenters. The van der Waals surface area contributed by atoms with Gasteiger partial charge in [-0.05, 0) is 39.2 Å². The summed E-state index contributed by atoms with van der Waals surface area (Å²) in [7, 11) is 0. The minimum Gasteiger partial charge on any atom is -0.457 e. The smallest absolute Gasteiger partial charge is 0.408 e. The third-order valence-electron chi connectivity index (χ3n) is 6.28. The lowest BCUT2D eigenvalue weighted by molar-refractivity contribution is -0.790. The van der Waals surface area contributed by atoms with E-state index in [9.17, 15) is 34.6 Å². The highest BCUT2D eigenvalue weighted by Gasteiger charge is 2.51. The van der Waals surface area contributed by atoms with E-state index in [0.717, 1.165) is 5.56 Å². The summed E-state index contributed by atoms with van der Waals surface area (Å²) >= 11 is 0. The highest BCUT2D eigenvalue weighted by Crippen LogP contribution is 2.31. The average Bonchev–Trinajstić information content (AvgIpc) is 3.49. The van der Waals surface area contributed by atoms with E-state index in [1.807, 2.05) is 6.07 Å². The Kier molecular flexibility index (Phi) is 11.8. The number of benzene rings is 1. The Morgan fingerprint density at radius 1 is 1.00 bits per heavy atom. The summed E-state index contributed by atoms with van der Waals surface area (Å²) in [6, 6.07) is 7.98. The molecule has 2 unspecified atom stereocenters. The highest BCUT2D eigenvalue weighted by atomic mass is 17.0. The second-order valence-corrected chi connectivity index (χ2v) is 10.9. The van der Waals surface area contributed by atoms with E-state index in [1.165, 1.54) is 0 Å². The normalized spacial score (nSPS) is 22.4. The summed E-state index contributed by atoms with van der Waals surface area (Å²) in [5.74, 6) is -1.38. The Morgan fingerprint density at radius 3 is 2.21 bits per heavy atom. The molecule has 0 aliphatic carbocycles. The molecule has 2 aliphatic heterocycles. The number of carbonyl (C=O) groups excluding carboxylic acids is 3. The van der Waals surface area contributed by atoms with Crippen molar-refractivity contribution in [3.63, 3.8) is 0 Å². The van der Waals surface area contributed by atoms with E-state index in [4.69, 9.17) is 23.7 Å². The summed E-state index contributed by atoms with van der Waals surface area (Å²) in [5.41, 5.74) is 0.00432. The van der Waals surface area contributed by atoms with Crippen LogP contribution in [0.5, 0.6) is 0 Å². The minimum absolute atomic E-state index is 0.0253. The topological polar surface area (TPSA) is 214 Å². The fourth-order valence-corrected chi connectivity index (χ4v) is 4.49. The predicted molar refractivity (Wildman–Crippen MR) is 141 cm³/mol. The molecule has 0 spiro atoms. The van der Waals surface area contributed by atoms with Gasteiger partial charge < -0.3 is 38.7 Å². The van der Waals surface area contributed by atoms with Crippen LogP contribution in [0.4, 0.5) is 4.79 Å². The summed E-state index contributed by atoms with van der Waals surface area (Å²) in [6.45, 7) is 4.37. The first-order valence-electron chi connectivity index (χ1n) is 13.6. The van der Waals surface area contributed by atoms with Gasteiger partial charge in [-0.3, -0.25) is 4.79 Å². The third kappa shape index (κ3) is 11.2. The molecule has 238 valence electrons. The standard InChI is InChI=1S/C26H35N3O14/c1-26(2,3)42-25(32)27-18(12-16-8-5-4-6-9-16)24(31)41-20-15-38-22-19(14-37-23(20)22)40-21(30)11-7-10-17(43-29(35)36)13-39-28(33)34/h4-6,8-9,17-20,22-23H,7,10-15H2,1-3H3,(H,27,32)/t17?,18?,19-,20-,22-,23-/m1/s1. The van der Waals surface area contributed by atoms with Gasteiger partial charge in [0.05, 0.1) is 13.2 Å². The first-order chi connectivity index (χ1) is 20.3. The van der Waals surface area contributed by atoms with Crippen LogP contribution in [-0.2, 0) is 49.4 Å². The van der Waals surface area contributed by atoms with Crippen molar-refractivity contribution >= 4 is 18.0 Å². The van der Waals surface area contributed by atoms with E-state index >= 15 is 0 Å². The molecule has 0 radical (unpaired) electrons. The van der Waals surface area contributed by atoms with Gasteiger partial charge in [-0.15, -0.1) is 20.2 Å². The van der Waals surface area contributed by atoms with Crippen LogP contribution >= 0.6 is 0 Å². The zero-order valence-corrected chi connectivity index (χ0v) is 23.9. The minimum atomic E-state index is -1.24. The Hall–Kier alpha value is -4.25. The summed E-state index contributed by atoms with van der Waals surface area (Å²) in [5, 5.41) is 21.3. The molecule has 0 bridgehead atoms. The van der Waals surface area contributed by atoms with Gasteiger partial charge in [0.25, 0.3) is 10.2 Å². The summed E-state index contributed by atoms with van der Waals surface area (Å²) in [4.78, 5) is 67.4. The molecular weight excluding hydrogens is 578 g/mol. The first-order valence-corrected chi connectivity index (χ1v) is 13.6. The molecule has 1 N–H and O–H groups in total. The highest BCUT2D eigenvalue weighted by molar-refractivity contribution is 5.82. The van der Waals surface area contributed by atoms with E-state index < -0.39 is 77.0 Å². The Morgan fingerprint density at radius 2 is 1.63 bits per heavy atom. The van der Waals surface area contributed by atoms with Crippen molar-refractivity contribution in [1.82, 2.24) is 5.32 Å². The molecule has 2 heterocycles. The number of nitrogens with one attached hydrogen (secondary N) is 1. The van der Waals surface area contributed by atoms with Crippen molar-refractivity contribution in [1.29, 1.82) is 0 Å². The number of amides is 1. The van der Waals surface area contributed by atoms with Crippen molar-refractivity contribution < 1.29 is 57.9 Å². The van der Waals surface area contributed by atoms with Crippen LogP contribution in [0.3, 0.4) is 0 Å². The lowest BCUT2D eigenvalue weighted by Crippen LogP contribution is -2.47. The number of carbonyl (C=O) groups is 3. The molecular formula is C26H35N3O14. The second-order valence-electron chi connectivity index (χ2n) is 10.9. The van der Waals surface area contributed by atoms with E-state index in [1.54, 1.807) is 45.0 Å². The second kappa shape index (κ2) is 15.3. The number of nitrogens with zero attached hydrogens (tertiary/aromatic N) is 2. The predicted octanol–water partition coefficient (Wildman–Crippen LogP) is 1.70. The van der Waals surface area contributed by atoms with Crippen LogP contribution in [0, 0.1) is 20.2 Å². The molecule has 1 aromatic carbocycles. The number of alkyl carbamates (subject to hydrolysis) is 1. The van der Waals surface area contributed by atoms with Gasteiger partial charge in [0.1, 0.15) is 36.6 Å². The van der Waals surface area contributed by atoms with Gasteiger partial charge in [0.2, 0.25) is 0 Å². The molecule has 2 fully saturated rings. The van der Waals surface area contributed by atoms with Crippen LogP contribution in [-0.4, -0.2) is 90.2 Å². The number of hydrogen-bond donors (Lipinski definition) is 1. The number of fused-ring (bicyclic) bond motifs is 1. The number of esters is 2. The maximum atomic E-state index is 13.2. The Bertz CT molecular complexity index is 1130. The molecule has 17 heteroatoms. The van der Waals surface area contributed by atoms with Crippen molar-refractivity contribution in [2.45, 2.75) is 88.6 Å². The Balaban J connectivity index is 1.51. The van der Waals surface area contributed by atoms with Gasteiger partial charge in [0.15, 0.2) is 12.2 Å². The molecule has 1 aromatic rings. The number of rotatable bonds is 15. The number of ether oxygens (including phenoxy) is 5. The van der Waals surface area contributed by atoms with Crippen molar-refractivity contribution in [3.8, 4) is 0 Å². The van der Waals surface area contributed by atoms with E-state index in [0.29, 0.717) is 0 Å². The molecule has 2 aliphatic rings. The van der Waals surface area contributed by atoms with Gasteiger partial charge >= 0.3 is 18.0 Å². The molecule has 2 saturated heterocycles. The molecule has 43 heavy (non-hydrogen) atoms. The zero-order valence-electron chi connectivity index (χ0n) is 23.9. The molecule has 0 saturated carbocycles. The monoisotopic (exact) mass is 613 g/mol. The molecule has 1 amide bonds. The lowest BCUT2D eigenvalue weighted by Gasteiger charge is -2.24. The Labute approximate surface area is 246 Å². The number of hydrogen-bond acceptors (Lipinski definition) is 14. The first kappa shape index (κ1) is 33.3. The van der Waals surface area contributed by atoms with Gasteiger partial charge in [-0.2, -0.15) is 0 Å². The van der Waals surface area contributed by atoms with Crippen molar-refractivity contribution in [2.75, 3.05) is 19.8 Å². The lowest BCUT2D eigenvalue weighted by atomic mass is 10.1. The molecule has 0 aromatic heterocycles. The van der Waals surface area contributed by atoms with Crippen LogP contribution in [0.1, 0.15) is 45.6 Å². The van der Waals surface area contributed by atoms with Crippen LogP contribution in [0.15, 0.2) is 30.3 Å². The quantitative estimate of drug-likeness (QED) is 0.129. The van der Waals surface area contributed by atoms with Gasteiger partial charge in [-0.25, -0.2) is 9.59 Å². The SMILES string of the molecule is CC(C)(C)OC(=O)NC(Cc1ccccc1)C(=O)O[C@@H]1CO[C@H]2[C@@H]1OC[C@H]2OC(=O)CCCC(CO[N+](=O)[O-])O[N+](=O)[O-]. The fourth-order valence-electron chi connectivity index (χ4n) is 4.49. The zero-order chi connectivity index (χ0) is 31.6.